The van der Waals surface area contributed by atoms with Gasteiger partial charge < -0.3 is 54.6 Å². The highest BCUT2D eigenvalue weighted by Gasteiger charge is 2.43. The van der Waals surface area contributed by atoms with Crippen molar-refractivity contribution in [3.05, 3.63) is 0 Å². The van der Waals surface area contributed by atoms with E-state index in [1.165, 1.54) is 20.8 Å². The number of carbonyl (C=O) groups is 6. The minimum atomic E-state index is -4.95. The van der Waals surface area contributed by atoms with E-state index in [0.717, 1.165) is 6.92 Å². The highest BCUT2D eigenvalue weighted by molar-refractivity contribution is 7.53. The van der Waals surface area contributed by atoms with Gasteiger partial charge in [0.05, 0.1) is 6.04 Å². The van der Waals surface area contributed by atoms with Gasteiger partial charge in [0.1, 0.15) is 42.6 Å². The molecule has 0 heterocycles. The van der Waals surface area contributed by atoms with Gasteiger partial charge in [0.25, 0.3) is 0 Å². The Labute approximate surface area is 273 Å². The minimum absolute atomic E-state index is 0.00480. The van der Waals surface area contributed by atoms with Gasteiger partial charge in [-0.2, -0.15) is 14.7 Å². The molecule has 0 fully saturated rings. The van der Waals surface area contributed by atoms with Crippen molar-refractivity contribution in [3.63, 3.8) is 0 Å². The SMILES string of the molecule is C[C@H](N)C(=O)N[C@@H](CCCNC(N)N)C(=O)N[C@H](C(=O)N[C@@H](CCCCN)C(=O)N[C@@H](C)C(=O)N[C@@H](C)C(=O)O)[C@@H](C)O[P+](O)(O)O. The smallest absolute Gasteiger partial charge is 0.480 e. The second kappa shape index (κ2) is 21.7. The van der Waals surface area contributed by atoms with Crippen LogP contribution in [-0.4, -0.2) is 117 Å². The van der Waals surface area contributed by atoms with E-state index in [9.17, 15) is 43.4 Å². The van der Waals surface area contributed by atoms with Crippen molar-refractivity contribution in [1.82, 2.24) is 31.9 Å². The Morgan fingerprint density at radius 3 is 1.68 bits per heavy atom. The standard InChI is InChI=1S/C25H51N10O11P/c1-12(27)19(36)33-17(9-7-11-30-25(28)29)22(39)35-18(15(4)46-47(43,44)45)23(40)34-16(8-5-6-10-26)21(38)31-13(2)20(37)32-14(3)24(41)42/h12-18,25,30,43-45H,5-11,26-29H2,1-4H3,(H5-,31,32,33,34,35,36,37,38,39,40,41,42)/p+1/t12-,13-,14-,15+,16-,17-,18-/m0/s1. The zero-order valence-corrected chi connectivity index (χ0v) is 27.9. The fraction of sp³-hybridized carbons (Fsp3) is 0.760. The first-order valence-electron chi connectivity index (χ1n) is 14.9. The van der Waals surface area contributed by atoms with E-state index in [2.05, 4.69) is 31.9 Å². The molecule has 5 amide bonds. The van der Waals surface area contributed by atoms with Gasteiger partial charge in [-0.25, -0.2) is 0 Å². The molecule has 21 nitrogen and oxygen atoms in total. The van der Waals surface area contributed by atoms with Crippen LogP contribution in [0.3, 0.4) is 0 Å². The number of amides is 5. The van der Waals surface area contributed by atoms with E-state index in [0.29, 0.717) is 12.8 Å². The molecule has 0 aliphatic rings. The third kappa shape index (κ3) is 18.7. The second-order valence-corrected chi connectivity index (χ2v) is 12.2. The molecule has 0 spiro atoms. The highest BCUT2D eigenvalue weighted by atomic mass is 31.2. The van der Waals surface area contributed by atoms with E-state index in [1.54, 1.807) is 0 Å². The van der Waals surface area contributed by atoms with Crippen LogP contribution in [0.15, 0.2) is 0 Å². The molecule has 0 saturated carbocycles. The average molecular weight is 700 g/mol. The number of aliphatic carboxylic acids is 1. The first-order chi connectivity index (χ1) is 21.7. The van der Waals surface area contributed by atoms with Crippen LogP contribution >= 0.6 is 8.17 Å². The number of hydrogen-bond donors (Lipinski definition) is 14. The van der Waals surface area contributed by atoms with Crippen molar-refractivity contribution < 1.29 is 53.1 Å². The Bertz CT molecular complexity index is 1050. The van der Waals surface area contributed by atoms with E-state index in [1.807, 2.05) is 0 Å². The molecule has 18 N–H and O–H groups in total. The van der Waals surface area contributed by atoms with Crippen LogP contribution in [0.4, 0.5) is 0 Å². The van der Waals surface area contributed by atoms with Crippen LogP contribution in [0.1, 0.15) is 59.8 Å². The quantitative estimate of drug-likeness (QED) is 0.0269. The first kappa shape index (κ1) is 43.9. The molecular weight excluding hydrogens is 647 g/mol. The molecule has 0 aliphatic carbocycles. The molecule has 0 rings (SSSR count). The molecule has 7 atom stereocenters. The zero-order chi connectivity index (χ0) is 36.5. The maximum absolute atomic E-state index is 13.5. The Morgan fingerprint density at radius 1 is 0.681 bits per heavy atom. The van der Waals surface area contributed by atoms with Gasteiger partial charge in [-0.05, 0) is 72.9 Å². The van der Waals surface area contributed by atoms with Gasteiger partial charge in [0.15, 0.2) is 0 Å². The Hall–Kier alpha value is -3.11. The highest BCUT2D eigenvalue weighted by Crippen LogP contribution is 2.47. The van der Waals surface area contributed by atoms with Crippen LogP contribution in [0.5, 0.6) is 0 Å². The fourth-order valence-electron chi connectivity index (χ4n) is 3.88. The lowest BCUT2D eigenvalue weighted by molar-refractivity contribution is -0.141. The van der Waals surface area contributed by atoms with Crippen molar-refractivity contribution in [1.29, 1.82) is 0 Å². The van der Waals surface area contributed by atoms with Gasteiger partial charge in [0.2, 0.25) is 29.5 Å². The maximum atomic E-state index is 13.5. The molecule has 47 heavy (non-hydrogen) atoms. The molecule has 0 aliphatic heterocycles. The normalized spacial score (nSPS) is 16.1. The van der Waals surface area contributed by atoms with Crippen molar-refractivity contribution >= 4 is 43.7 Å². The molecule has 22 heteroatoms. The largest absolute Gasteiger partial charge is 0.567 e. The lowest BCUT2D eigenvalue weighted by Gasteiger charge is -2.28. The molecular formula is C25H52N10O11P+. The number of nitrogens with two attached hydrogens (primary N) is 4. The summed E-state index contributed by atoms with van der Waals surface area (Å²) >= 11 is 0. The summed E-state index contributed by atoms with van der Waals surface area (Å²) in [5.41, 5.74) is 22.1. The third-order valence-electron chi connectivity index (χ3n) is 6.51. The Morgan fingerprint density at radius 2 is 1.19 bits per heavy atom. The van der Waals surface area contributed by atoms with Crippen molar-refractivity contribution in [3.8, 4) is 0 Å². The number of unbranched alkanes of at least 4 members (excludes halogenated alkanes) is 1. The number of hydrogen-bond acceptors (Lipinski definition) is 15. The Balaban J connectivity index is 6.15. The number of nitrogens with one attached hydrogen (secondary N) is 6. The number of carbonyl (C=O) groups excluding carboxylic acids is 5. The first-order valence-corrected chi connectivity index (χ1v) is 16.5. The van der Waals surface area contributed by atoms with Crippen LogP contribution in [0.25, 0.3) is 0 Å². The van der Waals surface area contributed by atoms with Crippen LogP contribution < -0.4 is 54.8 Å². The Kier molecular flexibility index (Phi) is 20.3. The molecule has 0 bridgehead atoms. The summed E-state index contributed by atoms with van der Waals surface area (Å²) in [5.74, 6) is -5.66. The zero-order valence-electron chi connectivity index (χ0n) is 27.0. The summed E-state index contributed by atoms with van der Waals surface area (Å²) in [6.45, 7) is 5.53. The van der Waals surface area contributed by atoms with Gasteiger partial charge >= 0.3 is 14.1 Å². The number of carboxylic acid groups (broad SMARTS) is 1. The molecule has 0 aromatic heterocycles. The van der Waals surface area contributed by atoms with Crippen LogP contribution in [0, 0.1) is 0 Å². The summed E-state index contributed by atoms with van der Waals surface area (Å²) in [6.07, 6.45) is -1.39. The monoisotopic (exact) mass is 699 g/mol. The van der Waals surface area contributed by atoms with Crippen molar-refractivity contribution in [2.24, 2.45) is 22.9 Å². The summed E-state index contributed by atoms with van der Waals surface area (Å²) < 4.78 is 4.78. The third-order valence-corrected chi connectivity index (χ3v) is 7.13. The van der Waals surface area contributed by atoms with Crippen LogP contribution in [0.2, 0.25) is 0 Å². The molecule has 0 aromatic rings. The van der Waals surface area contributed by atoms with E-state index in [-0.39, 0.29) is 32.4 Å². The lowest BCUT2D eigenvalue weighted by Crippen LogP contribution is -2.61. The second-order valence-electron chi connectivity index (χ2n) is 10.9. The molecule has 0 saturated heterocycles. The molecule has 0 aromatic carbocycles. The fourth-order valence-corrected chi connectivity index (χ4v) is 4.45. The number of carboxylic acids is 1. The molecule has 0 radical (unpaired) electrons. The predicted octanol–water partition coefficient (Wildman–Crippen LogP) is -5.36. The maximum Gasteiger partial charge on any atom is 0.567 e. The predicted molar refractivity (Wildman–Crippen MR) is 169 cm³/mol. The van der Waals surface area contributed by atoms with Crippen molar-refractivity contribution in [2.75, 3.05) is 13.1 Å². The lowest BCUT2D eigenvalue weighted by atomic mass is 10.0. The number of rotatable bonds is 23. The van der Waals surface area contributed by atoms with Gasteiger partial charge in [-0.3, -0.25) is 34.1 Å². The average Bonchev–Trinajstić information content (AvgIpc) is 2.95. The molecule has 272 valence electrons. The summed E-state index contributed by atoms with van der Waals surface area (Å²) in [7, 11) is -4.95. The van der Waals surface area contributed by atoms with Crippen molar-refractivity contribution in [2.45, 2.75) is 108 Å². The summed E-state index contributed by atoms with van der Waals surface area (Å²) in [5, 5.41) is 23.6. The topological polar surface area (TPSA) is 369 Å². The summed E-state index contributed by atoms with van der Waals surface area (Å²) in [4.78, 5) is 104. The van der Waals surface area contributed by atoms with E-state index >= 15 is 0 Å². The molecule has 0 unspecified atom stereocenters. The summed E-state index contributed by atoms with van der Waals surface area (Å²) in [6, 6.07) is -7.85. The van der Waals surface area contributed by atoms with Crippen LogP contribution in [-0.2, 0) is 33.3 Å². The van der Waals surface area contributed by atoms with Gasteiger partial charge in [0, 0.05) is 0 Å². The van der Waals surface area contributed by atoms with Gasteiger partial charge in [-0.1, -0.05) is 0 Å². The van der Waals surface area contributed by atoms with Gasteiger partial charge in [-0.15, -0.1) is 4.52 Å². The minimum Gasteiger partial charge on any atom is -0.480 e. The van der Waals surface area contributed by atoms with E-state index in [4.69, 9.17) is 32.6 Å². The van der Waals surface area contributed by atoms with E-state index < -0.39 is 92.3 Å².